The van der Waals surface area contributed by atoms with Crippen molar-refractivity contribution in [2.45, 2.75) is 67.2 Å². The molecular formula is C53H50N3OPt-. The Kier molecular flexibility index (Phi) is 9.13. The van der Waals surface area contributed by atoms with Gasteiger partial charge in [-0.05, 0) is 102 Å². The fraction of sp³-hybridized carbons (Fsp3) is 0.208. The number of nitrogens with zero attached hydrogens (tertiary/aromatic N) is 3. The van der Waals surface area contributed by atoms with Crippen molar-refractivity contribution < 1.29 is 35.8 Å². The van der Waals surface area contributed by atoms with Crippen LogP contribution in [-0.2, 0) is 32.9 Å². The first-order valence-corrected chi connectivity index (χ1v) is 19.4. The van der Waals surface area contributed by atoms with Gasteiger partial charge in [0.25, 0.3) is 0 Å². The van der Waals surface area contributed by atoms with Crippen LogP contribution in [0.15, 0.2) is 133 Å². The molecule has 0 saturated carbocycles. The molecule has 0 saturated heterocycles. The van der Waals surface area contributed by atoms with Crippen molar-refractivity contribution in [2.24, 2.45) is 5.92 Å². The Labute approximate surface area is 367 Å². The second-order valence-electron chi connectivity index (χ2n) is 16.4. The predicted molar refractivity (Wildman–Crippen MR) is 238 cm³/mol. The second-order valence-corrected chi connectivity index (χ2v) is 16.4. The van der Waals surface area contributed by atoms with Gasteiger partial charge in [0.15, 0.2) is 0 Å². The molecule has 6 aromatic carbocycles. The standard InChI is InChI=1S/C53H50N3O.Pt/c1-33(2)25-37-19-22-48(45(28-37)39-13-10-9-11-14-39)56-49-16-12-15-44(50(49)55-52(56)46-27-35(4)26-36(5)51(46)57)41-29-42(31-43(30-41)53(6,7)8)47-32-40(23-24-54-47)38-20-17-34(3)18-21-38;/h9-24,26-28,30-33,57H,25H2,1-8H3;/q-1;/i3D3,17D,18D,20D,21D;. The SMILES string of the molecule is [2H]c1c([2H])c(C([2H])([2H])[2H])c([2H])c([2H])c1-c1ccnc(-c2[c-]c(-c3cccc4c3nc(-c3cc(C)cc(C)c3O)n4-c3ccc(CC(C)C)cc3-c3ccccc3)cc(C(C)(C)C)c2)c1.[Pt]. The number of aryl methyl sites for hydroxylation is 2. The van der Waals surface area contributed by atoms with Gasteiger partial charge in [0.1, 0.15) is 11.6 Å². The van der Waals surface area contributed by atoms with Gasteiger partial charge in [-0.3, -0.25) is 9.55 Å². The third kappa shape index (κ3) is 8.09. The van der Waals surface area contributed by atoms with Gasteiger partial charge in [0, 0.05) is 42.6 Å². The zero-order valence-electron chi connectivity index (χ0n) is 40.8. The van der Waals surface area contributed by atoms with E-state index in [1.807, 2.05) is 62.4 Å². The Bertz CT molecular complexity index is 3090. The van der Waals surface area contributed by atoms with Crippen LogP contribution in [-0.4, -0.2) is 19.6 Å². The average molecular weight is 947 g/mol. The minimum atomic E-state index is -2.82. The second kappa shape index (κ2) is 16.4. The molecule has 4 nitrogen and oxygen atoms in total. The quantitative estimate of drug-likeness (QED) is 0.154. The number of fused-ring (bicyclic) bond motifs is 1. The van der Waals surface area contributed by atoms with Crippen molar-refractivity contribution >= 4 is 11.0 Å². The van der Waals surface area contributed by atoms with Crippen LogP contribution in [0.1, 0.15) is 72.0 Å². The van der Waals surface area contributed by atoms with Gasteiger partial charge < -0.3 is 5.11 Å². The molecular weight excluding hydrogens is 890 g/mol. The van der Waals surface area contributed by atoms with Gasteiger partial charge in [0.2, 0.25) is 0 Å². The molecule has 0 spiro atoms. The van der Waals surface area contributed by atoms with Crippen molar-refractivity contribution in [3.05, 3.63) is 167 Å². The maximum atomic E-state index is 11.8. The summed E-state index contributed by atoms with van der Waals surface area (Å²) in [5.74, 6) is 1.21. The molecule has 0 unspecified atom stereocenters. The number of pyridine rings is 1. The van der Waals surface area contributed by atoms with Gasteiger partial charge in [0.05, 0.1) is 27.8 Å². The van der Waals surface area contributed by atoms with Gasteiger partial charge in [-0.25, -0.2) is 4.98 Å². The third-order valence-corrected chi connectivity index (χ3v) is 10.4. The molecule has 0 aliphatic carbocycles. The number of phenols is 1. The fourth-order valence-electron chi connectivity index (χ4n) is 7.57. The minimum absolute atomic E-state index is 0. The number of benzene rings is 6. The number of para-hydroxylation sites is 1. The fourth-order valence-corrected chi connectivity index (χ4v) is 7.57. The number of imidazole rings is 1. The largest absolute Gasteiger partial charge is 0.507 e. The van der Waals surface area contributed by atoms with Crippen molar-refractivity contribution in [3.63, 3.8) is 0 Å². The monoisotopic (exact) mass is 946 g/mol. The number of hydrogen-bond donors (Lipinski definition) is 1. The molecule has 1 N–H and O–H groups in total. The first kappa shape index (κ1) is 32.4. The normalized spacial score (nSPS) is 13.6. The van der Waals surface area contributed by atoms with Gasteiger partial charge in [-0.1, -0.05) is 136 Å². The molecule has 58 heavy (non-hydrogen) atoms. The Morgan fingerprint density at radius 2 is 1.52 bits per heavy atom. The summed E-state index contributed by atoms with van der Waals surface area (Å²) in [5, 5.41) is 11.8. The molecule has 2 heterocycles. The molecule has 0 aliphatic heterocycles. The van der Waals surface area contributed by atoms with E-state index in [1.54, 1.807) is 18.3 Å². The van der Waals surface area contributed by atoms with E-state index in [4.69, 9.17) is 19.6 Å². The predicted octanol–water partition coefficient (Wildman–Crippen LogP) is 13.7. The average Bonchev–Trinajstić information content (AvgIpc) is 3.63. The van der Waals surface area contributed by atoms with E-state index in [-0.39, 0.29) is 37.8 Å². The van der Waals surface area contributed by atoms with Crippen LogP contribution in [0.4, 0.5) is 0 Å². The zero-order valence-corrected chi connectivity index (χ0v) is 36.1. The van der Waals surface area contributed by atoms with E-state index in [0.717, 1.165) is 56.6 Å². The number of aromatic hydroxyl groups is 1. The van der Waals surface area contributed by atoms with E-state index in [9.17, 15) is 5.11 Å². The summed E-state index contributed by atoms with van der Waals surface area (Å²) in [5.41, 5.74) is 11.2. The maximum absolute atomic E-state index is 11.8. The van der Waals surface area contributed by atoms with Crippen LogP contribution in [0.5, 0.6) is 5.75 Å². The van der Waals surface area contributed by atoms with E-state index in [2.05, 4.69) is 87.7 Å². The van der Waals surface area contributed by atoms with Crippen LogP contribution in [0, 0.1) is 32.7 Å². The maximum Gasteiger partial charge on any atom is 0.148 e. The van der Waals surface area contributed by atoms with Crippen molar-refractivity contribution in [2.75, 3.05) is 0 Å². The van der Waals surface area contributed by atoms with E-state index in [0.29, 0.717) is 39.6 Å². The Balaban J connectivity index is 0.00000630. The summed E-state index contributed by atoms with van der Waals surface area (Å²) < 4.78 is 60.4. The molecule has 8 aromatic rings. The molecule has 0 amide bonds. The topological polar surface area (TPSA) is 50.9 Å². The van der Waals surface area contributed by atoms with Gasteiger partial charge in [-0.2, -0.15) is 0 Å². The molecule has 0 aliphatic rings. The van der Waals surface area contributed by atoms with Crippen LogP contribution in [0.2, 0.25) is 0 Å². The molecule has 8 rings (SSSR count). The summed E-state index contributed by atoms with van der Waals surface area (Å²) in [4.78, 5) is 10.2. The molecule has 0 radical (unpaired) electrons. The van der Waals surface area contributed by atoms with Crippen LogP contribution in [0.3, 0.4) is 0 Å². The van der Waals surface area contributed by atoms with E-state index < -0.39 is 36.6 Å². The van der Waals surface area contributed by atoms with Crippen LogP contribution >= 0.6 is 0 Å². The van der Waals surface area contributed by atoms with Gasteiger partial charge >= 0.3 is 0 Å². The van der Waals surface area contributed by atoms with Crippen molar-refractivity contribution in [1.29, 1.82) is 0 Å². The number of phenolic OH excluding ortho intramolecular Hbond substituents is 1. The van der Waals surface area contributed by atoms with Crippen molar-refractivity contribution in [3.8, 4) is 67.5 Å². The van der Waals surface area contributed by atoms with Crippen LogP contribution in [0.25, 0.3) is 72.7 Å². The van der Waals surface area contributed by atoms with Crippen LogP contribution < -0.4 is 0 Å². The first-order valence-electron chi connectivity index (χ1n) is 22.9. The molecule has 2 aromatic heterocycles. The third-order valence-electron chi connectivity index (χ3n) is 10.4. The number of rotatable bonds is 8. The molecule has 0 bridgehead atoms. The zero-order chi connectivity index (χ0) is 46.0. The summed E-state index contributed by atoms with van der Waals surface area (Å²) in [6.45, 7) is 11.9. The van der Waals surface area contributed by atoms with E-state index >= 15 is 0 Å². The first-order chi connectivity index (χ1) is 30.2. The summed E-state index contributed by atoms with van der Waals surface area (Å²) in [6, 6.07) is 36.0. The molecule has 0 atom stereocenters. The Morgan fingerprint density at radius 3 is 2.24 bits per heavy atom. The smallest absolute Gasteiger partial charge is 0.148 e. The number of hydrogen-bond acceptors (Lipinski definition) is 3. The molecule has 0 fully saturated rings. The minimum Gasteiger partial charge on any atom is -0.507 e. The number of aromatic nitrogens is 3. The molecule has 294 valence electrons. The Hall–Kier alpha value is -5.57. The summed E-state index contributed by atoms with van der Waals surface area (Å²) in [7, 11) is 0. The molecule has 5 heteroatoms. The van der Waals surface area contributed by atoms with E-state index in [1.165, 1.54) is 5.56 Å². The summed E-state index contributed by atoms with van der Waals surface area (Å²) in [6.07, 6.45) is 2.47. The van der Waals surface area contributed by atoms with Crippen molar-refractivity contribution in [1.82, 2.24) is 14.5 Å². The summed E-state index contributed by atoms with van der Waals surface area (Å²) >= 11 is 0. The Morgan fingerprint density at radius 1 is 0.759 bits per heavy atom. The van der Waals surface area contributed by atoms with Gasteiger partial charge in [-0.15, -0.1) is 29.3 Å².